The van der Waals surface area contributed by atoms with E-state index in [-0.39, 0.29) is 5.69 Å². The molecule has 2 N–H and O–H groups in total. The molecule has 9 heteroatoms. The van der Waals surface area contributed by atoms with E-state index in [1.165, 1.54) is 0 Å². The maximum atomic E-state index is 12.3. The Hall–Kier alpha value is -4.68. The van der Waals surface area contributed by atoms with Crippen molar-refractivity contribution in [3.8, 4) is 17.4 Å². The number of thioether (sulfide) groups is 1. The lowest BCUT2D eigenvalue weighted by Crippen LogP contribution is -2.23. The molecular formula is C26H19N7OS. The molecule has 8 nitrogen and oxygen atoms in total. The van der Waals surface area contributed by atoms with E-state index in [4.69, 9.17) is 15.7 Å². The van der Waals surface area contributed by atoms with E-state index >= 15 is 0 Å². The molecule has 2 aromatic heterocycles. The number of benzene rings is 3. The zero-order chi connectivity index (χ0) is 24.4. The molecule has 0 atom stereocenters. The van der Waals surface area contributed by atoms with Gasteiger partial charge in [-0.1, -0.05) is 18.2 Å². The normalized spacial score (nSPS) is 11.5. The molecule has 0 aliphatic rings. The van der Waals surface area contributed by atoms with E-state index in [0.29, 0.717) is 22.2 Å². The number of para-hydroxylation sites is 1. The van der Waals surface area contributed by atoms with Gasteiger partial charge in [0.2, 0.25) is 5.62 Å². The quantitative estimate of drug-likeness (QED) is 0.382. The summed E-state index contributed by atoms with van der Waals surface area (Å²) in [6.07, 6.45) is 3.77. The summed E-state index contributed by atoms with van der Waals surface area (Å²) in [5.74, 6) is -0.657. The van der Waals surface area contributed by atoms with Gasteiger partial charge in [0.1, 0.15) is 0 Å². The molecule has 5 aromatic rings. The van der Waals surface area contributed by atoms with Crippen LogP contribution in [0.5, 0.6) is 0 Å². The minimum Gasteiger partial charge on any atom is -0.364 e. The number of nitrogens with zero attached hydrogens (tertiary/aromatic N) is 6. The van der Waals surface area contributed by atoms with E-state index in [1.54, 1.807) is 51.5 Å². The molecule has 0 aliphatic heterocycles. The van der Waals surface area contributed by atoms with E-state index in [9.17, 15) is 10.1 Å². The van der Waals surface area contributed by atoms with Gasteiger partial charge in [0.15, 0.2) is 11.3 Å². The van der Waals surface area contributed by atoms with Gasteiger partial charge in [-0.3, -0.25) is 9.36 Å². The van der Waals surface area contributed by atoms with Crippen molar-refractivity contribution in [2.75, 3.05) is 6.26 Å². The number of hydrogen-bond acceptors (Lipinski definition) is 6. The molecule has 0 aliphatic carbocycles. The van der Waals surface area contributed by atoms with Gasteiger partial charge >= 0.3 is 0 Å². The fourth-order valence-corrected chi connectivity index (χ4v) is 4.06. The summed E-state index contributed by atoms with van der Waals surface area (Å²) in [5, 5.41) is 14.1. The summed E-state index contributed by atoms with van der Waals surface area (Å²) in [6, 6.07) is 26.4. The second kappa shape index (κ2) is 9.29. The first-order valence-electron chi connectivity index (χ1n) is 10.6. The van der Waals surface area contributed by atoms with Crippen LogP contribution in [0.3, 0.4) is 0 Å². The molecule has 0 spiro atoms. The number of primary amides is 1. The highest BCUT2D eigenvalue weighted by atomic mass is 32.2. The zero-order valence-corrected chi connectivity index (χ0v) is 19.5. The summed E-state index contributed by atoms with van der Waals surface area (Å²) < 4.78 is 3.35. The molecule has 0 radical (unpaired) electrons. The smallest absolute Gasteiger partial charge is 0.269 e. The maximum Gasteiger partial charge on any atom is 0.269 e. The Morgan fingerprint density at radius 1 is 1.00 bits per heavy atom. The molecule has 0 saturated carbocycles. The van der Waals surface area contributed by atoms with Gasteiger partial charge in [-0.15, -0.1) is 11.8 Å². The zero-order valence-electron chi connectivity index (χ0n) is 18.7. The third-order valence-corrected chi connectivity index (χ3v) is 6.13. The summed E-state index contributed by atoms with van der Waals surface area (Å²) in [6.45, 7) is 0. The van der Waals surface area contributed by atoms with Crippen molar-refractivity contribution < 1.29 is 4.79 Å². The van der Waals surface area contributed by atoms with Crippen molar-refractivity contribution in [2.24, 2.45) is 10.7 Å². The van der Waals surface area contributed by atoms with E-state index in [0.717, 1.165) is 22.0 Å². The topological polar surface area (TPSA) is 115 Å². The number of carbonyl (C=O) groups excluding carboxylic acids is 1. The Balaban J connectivity index is 1.82. The Kier molecular flexibility index (Phi) is 5.87. The van der Waals surface area contributed by atoms with Gasteiger partial charge in [-0.2, -0.15) is 15.3 Å². The lowest BCUT2D eigenvalue weighted by atomic mass is 10.2. The molecule has 0 unspecified atom stereocenters. The monoisotopic (exact) mass is 477 g/mol. The van der Waals surface area contributed by atoms with Crippen molar-refractivity contribution in [1.29, 1.82) is 5.26 Å². The van der Waals surface area contributed by atoms with Gasteiger partial charge in [-0.05, 0) is 66.9 Å². The maximum absolute atomic E-state index is 12.3. The molecule has 3 aromatic carbocycles. The average Bonchev–Trinajstić information content (AvgIpc) is 3.28. The van der Waals surface area contributed by atoms with Crippen LogP contribution in [0.1, 0.15) is 16.1 Å². The standard InChI is InChI=1S/C26H19N7OS/c1-35-21-13-9-18(10-14-21)29-26-30-25-22(16-32(26)19-11-7-17(15-27)8-12-19)23(24(28)34)31-33(25)20-5-3-2-4-6-20/h2-14,16H,1H3,(H2,28,34). The van der Waals surface area contributed by atoms with E-state index < -0.39 is 5.91 Å². The molecular weight excluding hydrogens is 458 g/mol. The average molecular weight is 478 g/mol. The summed E-state index contributed by atoms with van der Waals surface area (Å²) in [5.41, 5.74) is 9.33. The van der Waals surface area contributed by atoms with Gasteiger partial charge in [0, 0.05) is 16.8 Å². The molecule has 0 fully saturated rings. The van der Waals surface area contributed by atoms with Crippen molar-refractivity contribution in [3.63, 3.8) is 0 Å². The Morgan fingerprint density at radius 2 is 1.71 bits per heavy atom. The van der Waals surface area contributed by atoms with Gasteiger partial charge < -0.3 is 5.73 Å². The molecule has 5 rings (SSSR count). The van der Waals surface area contributed by atoms with Crippen molar-refractivity contribution in [1.82, 2.24) is 19.3 Å². The number of nitriles is 1. The van der Waals surface area contributed by atoms with Crippen LogP contribution in [0.2, 0.25) is 0 Å². The highest BCUT2D eigenvalue weighted by molar-refractivity contribution is 7.98. The van der Waals surface area contributed by atoms with Crippen LogP contribution in [-0.4, -0.2) is 31.5 Å². The third kappa shape index (κ3) is 4.30. The fourth-order valence-electron chi connectivity index (χ4n) is 3.65. The molecule has 2 heterocycles. The Bertz CT molecular complexity index is 1650. The first kappa shape index (κ1) is 22.1. The van der Waals surface area contributed by atoms with Crippen molar-refractivity contribution in [3.05, 3.63) is 102 Å². The molecule has 0 saturated heterocycles. The first-order valence-corrected chi connectivity index (χ1v) is 11.9. The van der Waals surface area contributed by atoms with Crippen LogP contribution < -0.4 is 11.4 Å². The number of nitrogens with two attached hydrogens (primary N) is 1. The highest BCUT2D eigenvalue weighted by Crippen LogP contribution is 2.22. The lowest BCUT2D eigenvalue weighted by molar-refractivity contribution is 0.0996. The van der Waals surface area contributed by atoms with Crippen LogP contribution >= 0.6 is 11.8 Å². The minimum atomic E-state index is -0.657. The molecule has 0 bridgehead atoms. The number of amides is 1. The number of carbonyl (C=O) groups is 1. The number of fused-ring (bicyclic) bond motifs is 1. The number of aromatic nitrogens is 4. The van der Waals surface area contributed by atoms with E-state index in [1.807, 2.05) is 60.9 Å². The van der Waals surface area contributed by atoms with Crippen molar-refractivity contribution >= 4 is 34.4 Å². The second-order valence-corrected chi connectivity index (χ2v) is 8.46. The summed E-state index contributed by atoms with van der Waals surface area (Å²) >= 11 is 1.65. The van der Waals surface area contributed by atoms with Crippen LogP contribution in [0, 0.1) is 11.3 Å². The van der Waals surface area contributed by atoms with Crippen LogP contribution in [-0.2, 0) is 0 Å². The van der Waals surface area contributed by atoms with Gasteiger partial charge in [-0.25, -0.2) is 9.67 Å². The molecule has 1 amide bonds. The largest absolute Gasteiger partial charge is 0.364 e. The predicted molar refractivity (Wildman–Crippen MR) is 135 cm³/mol. The second-order valence-electron chi connectivity index (χ2n) is 7.58. The summed E-state index contributed by atoms with van der Waals surface area (Å²) in [4.78, 5) is 23.0. The SMILES string of the molecule is CSc1ccc(N=c2nc3c(cn2-c2ccc(C#N)cc2)c(C(N)=O)nn3-c2ccccc2)cc1. The van der Waals surface area contributed by atoms with Crippen molar-refractivity contribution in [2.45, 2.75) is 4.90 Å². The highest BCUT2D eigenvalue weighted by Gasteiger charge is 2.19. The van der Waals surface area contributed by atoms with Gasteiger partial charge in [0.25, 0.3) is 5.91 Å². The lowest BCUT2D eigenvalue weighted by Gasteiger charge is -2.09. The van der Waals surface area contributed by atoms with Gasteiger partial charge in [0.05, 0.1) is 28.4 Å². The first-order chi connectivity index (χ1) is 17.1. The molecule has 170 valence electrons. The minimum absolute atomic E-state index is 0.106. The van der Waals surface area contributed by atoms with Crippen LogP contribution in [0.15, 0.2) is 94.9 Å². The third-order valence-electron chi connectivity index (χ3n) is 5.39. The molecule has 35 heavy (non-hydrogen) atoms. The predicted octanol–water partition coefficient (Wildman–Crippen LogP) is 4.14. The van der Waals surface area contributed by atoms with Crippen LogP contribution in [0.25, 0.3) is 22.4 Å². The van der Waals surface area contributed by atoms with E-state index in [2.05, 4.69) is 11.2 Å². The Morgan fingerprint density at radius 3 is 2.34 bits per heavy atom. The number of hydrogen-bond donors (Lipinski definition) is 1. The number of rotatable bonds is 5. The summed E-state index contributed by atoms with van der Waals surface area (Å²) in [7, 11) is 0. The van der Waals surface area contributed by atoms with Crippen LogP contribution in [0.4, 0.5) is 5.69 Å². The Labute approximate surface area is 205 Å². The fraction of sp³-hybridized carbons (Fsp3) is 0.0385.